The first-order valence-corrected chi connectivity index (χ1v) is 6.70. The summed E-state index contributed by atoms with van der Waals surface area (Å²) in [6.45, 7) is 7.67. The van der Waals surface area contributed by atoms with Gasteiger partial charge in [-0.25, -0.2) is 9.59 Å². The average Bonchev–Trinajstić information content (AvgIpc) is 2.39. The SMILES string of the molecule is CCN(C(=O)NC(C)(C(=O)O)c1ccccc1)C(C)C. The number of nitrogens with one attached hydrogen (secondary N) is 1. The van der Waals surface area contributed by atoms with E-state index in [-0.39, 0.29) is 12.1 Å². The van der Waals surface area contributed by atoms with Gasteiger partial charge in [0.25, 0.3) is 0 Å². The molecule has 1 unspecified atom stereocenters. The molecular formula is C15H22N2O3. The number of hydrogen-bond acceptors (Lipinski definition) is 2. The van der Waals surface area contributed by atoms with Crippen molar-refractivity contribution in [3.63, 3.8) is 0 Å². The van der Waals surface area contributed by atoms with Crippen LogP contribution in [0.25, 0.3) is 0 Å². The van der Waals surface area contributed by atoms with Gasteiger partial charge in [0, 0.05) is 12.6 Å². The predicted octanol–water partition coefficient (Wildman–Crippen LogP) is 2.43. The number of carboxylic acid groups (broad SMARTS) is 1. The summed E-state index contributed by atoms with van der Waals surface area (Å²) < 4.78 is 0. The number of benzene rings is 1. The summed E-state index contributed by atoms with van der Waals surface area (Å²) in [5.74, 6) is -1.09. The van der Waals surface area contributed by atoms with Crippen molar-refractivity contribution in [2.45, 2.75) is 39.3 Å². The van der Waals surface area contributed by atoms with Gasteiger partial charge in [-0.1, -0.05) is 30.3 Å². The van der Waals surface area contributed by atoms with Crippen LogP contribution in [-0.4, -0.2) is 34.6 Å². The number of carbonyl (C=O) groups excluding carboxylic acids is 1. The molecule has 2 N–H and O–H groups in total. The van der Waals surface area contributed by atoms with Crippen LogP contribution in [0.5, 0.6) is 0 Å². The van der Waals surface area contributed by atoms with Gasteiger partial charge in [0.1, 0.15) is 0 Å². The Morgan fingerprint density at radius 3 is 2.25 bits per heavy atom. The normalized spacial score (nSPS) is 13.7. The van der Waals surface area contributed by atoms with Crippen LogP contribution in [0, 0.1) is 0 Å². The molecule has 5 heteroatoms. The molecular weight excluding hydrogens is 256 g/mol. The Labute approximate surface area is 119 Å². The second-order valence-corrected chi connectivity index (χ2v) is 5.11. The predicted molar refractivity (Wildman–Crippen MR) is 77.5 cm³/mol. The minimum absolute atomic E-state index is 0.00817. The highest BCUT2D eigenvalue weighted by atomic mass is 16.4. The molecule has 0 aromatic heterocycles. The second-order valence-electron chi connectivity index (χ2n) is 5.11. The summed E-state index contributed by atoms with van der Waals surface area (Å²) in [6, 6.07) is 8.33. The van der Waals surface area contributed by atoms with E-state index in [0.717, 1.165) is 0 Å². The van der Waals surface area contributed by atoms with Crippen LogP contribution < -0.4 is 5.32 Å². The monoisotopic (exact) mass is 278 g/mol. The Bertz CT molecular complexity index is 473. The maximum Gasteiger partial charge on any atom is 0.333 e. The largest absolute Gasteiger partial charge is 0.479 e. The van der Waals surface area contributed by atoms with E-state index in [1.54, 1.807) is 35.2 Å². The van der Waals surface area contributed by atoms with E-state index in [0.29, 0.717) is 12.1 Å². The first kappa shape index (κ1) is 16.0. The van der Waals surface area contributed by atoms with Crippen molar-refractivity contribution in [1.29, 1.82) is 0 Å². The van der Waals surface area contributed by atoms with Gasteiger partial charge in [0.15, 0.2) is 5.54 Å². The van der Waals surface area contributed by atoms with Crippen molar-refractivity contribution >= 4 is 12.0 Å². The van der Waals surface area contributed by atoms with Crippen LogP contribution in [-0.2, 0) is 10.3 Å². The Balaban J connectivity index is 3.05. The van der Waals surface area contributed by atoms with Crippen LogP contribution in [0.4, 0.5) is 4.79 Å². The third-order valence-electron chi connectivity index (χ3n) is 3.36. The highest BCUT2D eigenvalue weighted by molar-refractivity contribution is 5.87. The van der Waals surface area contributed by atoms with Crippen LogP contribution >= 0.6 is 0 Å². The van der Waals surface area contributed by atoms with E-state index in [1.807, 2.05) is 20.8 Å². The van der Waals surface area contributed by atoms with Crippen molar-refractivity contribution in [3.8, 4) is 0 Å². The van der Waals surface area contributed by atoms with Crippen molar-refractivity contribution in [3.05, 3.63) is 35.9 Å². The average molecular weight is 278 g/mol. The fourth-order valence-electron chi connectivity index (χ4n) is 2.05. The van der Waals surface area contributed by atoms with Crippen LogP contribution in [0.2, 0.25) is 0 Å². The molecule has 2 amide bonds. The maximum atomic E-state index is 12.3. The summed E-state index contributed by atoms with van der Waals surface area (Å²) >= 11 is 0. The lowest BCUT2D eigenvalue weighted by Crippen LogP contribution is -2.55. The van der Waals surface area contributed by atoms with E-state index < -0.39 is 11.5 Å². The lowest BCUT2D eigenvalue weighted by atomic mass is 9.92. The molecule has 1 aromatic carbocycles. The molecule has 0 aliphatic rings. The molecule has 1 atom stereocenters. The molecule has 1 aromatic rings. The molecule has 0 heterocycles. The first-order valence-electron chi connectivity index (χ1n) is 6.70. The molecule has 0 fully saturated rings. The van der Waals surface area contributed by atoms with Crippen molar-refractivity contribution in [2.75, 3.05) is 6.54 Å². The van der Waals surface area contributed by atoms with E-state index in [9.17, 15) is 14.7 Å². The lowest BCUT2D eigenvalue weighted by molar-refractivity contribution is -0.144. The zero-order valence-corrected chi connectivity index (χ0v) is 12.4. The van der Waals surface area contributed by atoms with Gasteiger partial charge >= 0.3 is 12.0 Å². The molecule has 0 spiro atoms. The topological polar surface area (TPSA) is 69.6 Å². The van der Waals surface area contributed by atoms with Gasteiger partial charge in [-0.15, -0.1) is 0 Å². The number of hydrogen-bond donors (Lipinski definition) is 2. The number of nitrogens with zero attached hydrogens (tertiary/aromatic N) is 1. The van der Waals surface area contributed by atoms with Crippen molar-refractivity contribution < 1.29 is 14.7 Å². The summed E-state index contributed by atoms with van der Waals surface area (Å²) in [5, 5.41) is 12.1. The summed E-state index contributed by atoms with van der Waals surface area (Å²) in [7, 11) is 0. The standard InChI is InChI=1S/C15H22N2O3/c1-5-17(11(2)3)14(20)16-15(4,13(18)19)12-9-7-6-8-10-12/h6-11H,5H2,1-4H3,(H,16,20)(H,18,19). The molecule has 1 rings (SSSR count). The number of amides is 2. The smallest absolute Gasteiger partial charge is 0.333 e. The van der Waals surface area contributed by atoms with Crippen LogP contribution in [0.15, 0.2) is 30.3 Å². The Kier molecular flexibility index (Phi) is 5.13. The first-order chi connectivity index (χ1) is 9.32. The minimum Gasteiger partial charge on any atom is -0.479 e. The molecule has 5 nitrogen and oxygen atoms in total. The zero-order chi connectivity index (χ0) is 15.3. The molecule has 0 aliphatic heterocycles. The zero-order valence-electron chi connectivity index (χ0n) is 12.4. The van der Waals surface area contributed by atoms with Gasteiger partial charge in [-0.05, 0) is 33.3 Å². The molecule has 0 saturated heterocycles. The van der Waals surface area contributed by atoms with Crippen LogP contribution in [0.3, 0.4) is 0 Å². The summed E-state index contributed by atoms with van der Waals surface area (Å²) in [6.07, 6.45) is 0. The molecule has 0 bridgehead atoms. The van der Waals surface area contributed by atoms with E-state index in [4.69, 9.17) is 0 Å². The summed E-state index contributed by atoms with van der Waals surface area (Å²) in [5.41, 5.74) is -0.902. The van der Waals surface area contributed by atoms with E-state index in [1.165, 1.54) is 6.92 Å². The number of aliphatic carboxylic acids is 1. The molecule has 0 saturated carbocycles. The van der Waals surface area contributed by atoms with Gasteiger partial charge in [0.05, 0.1) is 0 Å². The third kappa shape index (κ3) is 3.29. The van der Waals surface area contributed by atoms with Gasteiger partial charge in [0.2, 0.25) is 0 Å². The maximum absolute atomic E-state index is 12.3. The molecule has 0 radical (unpaired) electrons. The number of carboxylic acids is 1. The number of urea groups is 1. The van der Waals surface area contributed by atoms with E-state index in [2.05, 4.69) is 5.32 Å². The molecule has 20 heavy (non-hydrogen) atoms. The highest BCUT2D eigenvalue weighted by Crippen LogP contribution is 2.21. The number of carbonyl (C=O) groups is 2. The fraction of sp³-hybridized carbons (Fsp3) is 0.467. The summed E-state index contributed by atoms with van der Waals surface area (Å²) in [4.78, 5) is 25.5. The lowest BCUT2D eigenvalue weighted by Gasteiger charge is -2.32. The second kappa shape index (κ2) is 6.41. The van der Waals surface area contributed by atoms with Crippen molar-refractivity contribution in [1.82, 2.24) is 10.2 Å². The quantitative estimate of drug-likeness (QED) is 0.869. The molecule has 110 valence electrons. The fourth-order valence-corrected chi connectivity index (χ4v) is 2.05. The number of rotatable bonds is 5. The third-order valence-corrected chi connectivity index (χ3v) is 3.36. The van der Waals surface area contributed by atoms with Crippen LogP contribution in [0.1, 0.15) is 33.3 Å². The highest BCUT2D eigenvalue weighted by Gasteiger charge is 2.38. The Morgan fingerprint density at radius 2 is 1.85 bits per heavy atom. The minimum atomic E-state index is -1.44. The van der Waals surface area contributed by atoms with E-state index >= 15 is 0 Å². The van der Waals surface area contributed by atoms with Crippen molar-refractivity contribution in [2.24, 2.45) is 0 Å². The van der Waals surface area contributed by atoms with Gasteiger partial charge in [-0.3, -0.25) is 0 Å². The molecule has 0 aliphatic carbocycles. The van der Waals surface area contributed by atoms with Gasteiger partial charge < -0.3 is 15.3 Å². The van der Waals surface area contributed by atoms with Gasteiger partial charge in [-0.2, -0.15) is 0 Å². The Morgan fingerprint density at radius 1 is 1.30 bits per heavy atom. The Hall–Kier alpha value is -2.04.